The Kier molecular flexibility index (Phi) is 5.79. The van der Waals surface area contributed by atoms with Crippen LogP contribution < -0.4 is 0 Å². The Labute approximate surface area is 207 Å². The molecule has 1 aliphatic rings. The second-order valence-electron chi connectivity index (χ2n) is 8.87. The van der Waals surface area contributed by atoms with E-state index in [9.17, 15) is 9.18 Å². The molecule has 1 amide bonds. The van der Waals surface area contributed by atoms with Gasteiger partial charge in [-0.2, -0.15) is 5.10 Å². The lowest BCUT2D eigenvalue weighted by Gasteiger charge is -2.19. The van der Waals surface area contributed by atoms with Crippen LogP contribution in [0, 0.1) is 12.4 Å². The monoisotopic (exact) mass is 491 g/mol. The minimum atomic E-state index is -0.640. The highest BCUT2D eigenvalue weighted by Gasteiger charge is 2.30. The molecule has 1 aliphatic heterocycles. The summed E-state index contributed by atoms with van der Waals surface area (Å²) in [6, 6.07) is 10.2. The van der Waals surface area contributed by atoms with Crippen molar-refractivity contribution in [2.45, 2.75) is 12.5 Å². The van der Waals surface area contributed by atoms with Crippen LogP contribution >= 0.6 is 11.6 Å². The largest absolute Gasteiger partial charge is 0.336 e. The number of likely N-dealkylation sites (N-methyl/N-ethyl adjacent to an activating group) is 1. The third-order valence-corrected chi connectivity index (χ3v) is 6.90. The average Bonchev–Trinajstić information content (AvgIpc) is 3.57. The fraction of sp³-hybridized carbons (Fsp3) is 0.280. The molecular weight excluding hydrogens is 469 g/mol. The van der Waals surface area contributed by atoms with Crippen LogP contribution in [0.3, 0.4) is 0 Å². The number of rotatable bonds is 4. The molecular formula is C25H23ClFN7O. The molecule has 2 aromatic heterocycles. The highest BCUT2D eigenvalue weighted by Crippen LogP contribution is 2.31. The van der Waals surface area contributed by atoms with Crippen molar-refractivity contribution in [3.05, 3.63) is 70.7 Å². The van der Waals surface area contributed by atoms with E-state index >= 15 is 0 Å². The summed E-state index contributed by atoms with van der Waals surface area (Å²) in [5, 5.41) is 5.62. The topological polar surface area (TPSA) is 63.6 Å². The van der Waals surface area contributed by atoms with E-state index in [0.29, 0.717) is 41.4 Å². The molecule has 0 spiro atoms. The zero-order valence-corrected chi connectivity index (χ0v) is 20.3. The van der Waals surface area contributed by atoms with Crippen LogP contribution in [0.15, 0.2) is 42.6 Å². The predicted octanol–water partition coefficient (Wildman–Crippen LogP) is 4.55. The summed E-state index contributed by atoms with van der Waals surface area (Å²) >= 11 is 6.43. The number of fused-ring (bicyclic) bond motifs is 1. The quantitative estimate of drug-likeness (QED) is 0.393. The number of aryl methyl sites for hydroxylation is 1. The molecule has 1 fully saturated rings. The number of amides is 1. The first-order valence-electron chi connectivity index (χ1n) is 11.1. The molecule has 0 aliphatic carbocycles. The van der Waals surface area contributed by atoms with Crippen LogP contribution in [0.5, 0.6) is 0 Å². The van der Waals surface area contributed by atoms with Gasteiger partial charge in [-0.25, -0.2) is 14.2 Å². The number of likely N-dealkylation sites (tertiary alicyclic amines) is 1. The van der Waals surface area contributed by atoms with Gasteiger partial charge in [0.2, 0.25) is 5.69 Å². The van der Waals surface area contributed by atoms with Gasteiger partial charge in [0.1, 0.15) is 22.5 Å². The zero-order valence-electron chi connectivity index (χ0n) is 19.5. The summed E-state index contributed by atoms with van der Waals surface area (Å²) in [6.07, 6.45) is 2.57. The van der Waals surface area contributed by atoms with Gasteiger partial charge in [0.25, 0.3) is 5.91 Å². The van der Waals surface area contributed by atoms with Gasteiger partial charge in [0.15, 0.2) is 0 Å². The van der Waals surface area contributed by atoms with E-state index in [1.54, 1.807) is 33.5 Å². The van der Waals surface area contributed by atoms with Crippen molar-refractivity contribution in [1.82, 2.24) is 29.1 Å². The average molecular weight is 492 g/mol. The highest BCUT2D eigenvalue weighted by atomic mass is 35.5. The van der Waals surface area contributed by atoms with Gasteiger partial charge in [-0.15, -0.1) is 0 Å². The van der Waals surface area contributed by atoms with Crippen LogP contribution in [0.1, 0.15) is 16.9 Å². The molecule has 1 saturated heterocycles. The zero-order chi connectivity index (χ0) is 24.9. The molecule has 178 valence electrons. The first kappa shape index (κ1) is 23.0. The van der Waals surface area contributed by atoms with E-state index in [4.69, 9.17) is 18.2 Å². The standard InChI is InChI=1S/C25H23ClFN7O/c1-28-21-7-5-15(11-19(21)27)24-29-22(25(35)33-10-9-17(13-33)31(2)3)14-34(24)16-6-8-20-18(12-16)23(26)32(4)30-20/h5-8,11-12,14,17H,9-10,13H2,2-4H3/t17-/m0/s1. The van der Waals surface area contributed by atoms with Gasteiger partial charge in [-0.05, 0) is 44.8 Å². The number of carbonyl (C=O) groups excluding carboxylic acids is 1. The van der Waals surface area contributed by atoms with Crippen LogP contribution in [0.25, 0.3) is 32.8 Å². The smallest absolute Gasteiger partial charge is 0.274 e. The molecule has 3 heterocycles. The van der Waals surface area contributed by atoms with Crippen LogP contribution in [0.2, 0.25) is 5.15 Å². The van der Waals surface area contributed by atoms with Crippen molar-refractivity contribution >= 4 is 34.1 Å². The predicted molar refractivity (Wildman–Crippen MR) is 132 cm³/mol. The van der Waals surface area contributed by atoms with Crippen molar-refractivity contribution in [2.75, 3.05) is 27.2 Å². The molecule has 5 rings (SSSR count). The molecule has 0 bridgehead atoms. The van der Waals surface area contributed by atoms with Crippen molar-refractivity contribution < 1.29 is 9.18 Å². The van der Waals surface area contributed by atoms with Gasteiger partial charge in [0.05, 0.1) is 12.1 Å². The summed E-state index contributed by atoms with van der Waals surface area (Å²) in [4.78, 5) is 25.1. The van der Waals surface area contributed by atoms with E-state index in [2.05, 4.69) is 19.8 Å². The SMILES string of the molecule is [C-]#[N+]c1ccc(-c2nc(C(=O)N3CC[C@H](N(C)C)C3)cn2-c2ccc3nn(C)c(Cl)c3c2)cc1F. The molecule has 10 heteroatoms. The molecule has 8 nitrogen and oxygen atoms in total. The maximum absolute atomic E-state index is 14.5. The summed E-state index contributed by atoms with van der Waals surface area (Å²) in [6.45, 7) is 8.40. The summed E-state index contributed by atoms with van der Waals surface area (Å²) in [7, 11) is 5.78. The van der Waals surface area contributed by atoms with Gasteiger partial charge in [0, 0.05) is 49.0 Å². The number of halogens is 2. The third kappa shape index (κ3) is 4.05. The Hall–Kier alpha value is -3.74. The minimum absolute atomic E-state index is 0.0708. The van der Waals surface area contributed by atoms with Gasteiger partial charge in [-0.1, -0.05) is 23.7 Å². The van der Waals surface area contributed by atoms with Crippen LogP contribution in [-0.4, -0.2) is 68.3 Å². The van der Waals surface area contributed by atoms with Gasteiger partial charge >= 0.3 is 0 Å². The summed E-state index contributed by atoms with van der Waals surface area (Å²) < 4.78 is 17.8. The third-order valence-electron chi connectivity index (χ3n) is 6.45. The Balaban J connectivity index is 1.62. The number of nitrogens with zero attached hydrogens (tertiary/aromatic N) is 7. The number of hydrogen-bond donors (Lipinski definition) is 0. The Morgan fingerprint density at radius 1 is 1.26 bits per heavy atom. The number of aromatic nitrogens is 4. The van der Waals surface area contributed by atoms with Crippen molar-refractivity contribution in [1.29, 1.82) is 0 Å². The lowest BCUT2D eigenvalue weighted by atomic mass is 10.1. The molecule has 2 aromatic carbocycles. The first-order valence-corrected chi connectivity index (χ1v) is 11.5. The molecule has 0 saturated carbocycles. The summed E-state index contributed by atoms with van der Waals surface area (Å²) in [5.74, 6) is -0.418. The Morgan fingerprint density at radius 3 is 2.74 bits per heavy atom. The van der Waals surface area contributed by atoms with E-state index in [1.807, 2.05) is 32.3 Å². The van der Waals surface area contributed by atoms with E-state index in [1.165, 1.54) is 12.1 Å². The van der Waals surface area contributed by atoms with E-state index < -0.39 is 5.82 Å². The minimum Gasteiger partial charge on any atom is -0.336 e. The molecule has 0 N–H and O–H groups in total. The highest BCUT2D eigenvalue weighted by molar-refractivity contribution is 6.34. The van der Waals surface area contributed by atoms with Crippen LogP contribution in [-0.2, 0) is 7.05 Å². The number of hydrogen-bond acceptors (Lipinski definition) is 4. The molecule has 0 radical (unpaired) electrons. The van der Waals surface area contributed by atoms with Crippen LogP contribution in [0.4, 0.5) is 10.1 Å². The molecule has 4 aromatic rings. The van der Waals surface area contributed by atoms with Crippen molar-refractivity contribution in [3.8, 4) is 17.1 Å². The number of benzene rings is 2. The maximum Gasteiger partial charge on any atom is 0.274 e. The van der Waals surface area contributed by atoms with E-state index in [0.717, 1.165) is 17.3 Å². The first-order chi connectivity index (χ1) is 16.8. The number of imidazole rings is 1. The van der Waals surface area contributed by atoms with Gasteiger partial charge < -0.3 is 9.80 Å². The van der Waals surface area contributed by atoms with Crippen molar-refractivity contribution in [3.63, 3.8) is 0 Å². The van der Waals surface area contributed by atoms with Gasteiger partial charge in [-0.3, -0.25) is 14.0 Å². The van der Waals surface area contributed by atoms with Crippen molar-refractivity contribution in [2.24, 2.45) is 7.05 Å². The Morgan fingerprint density at radius 2 is 2.06 bits per heavy atom. The second-order valence-corrected chi connectivity index (χ2v) is 9.23. The molecule has 0 unspecified atom stereocenters. The number of carbonyl (C=O) groups is 1. The maximum atomic E-state index is 14.5. The molecule has 35 heavy (non-hydrogen) atoms. The fourth-order valence-corrected chi connectivity index (χ4v) is 4.63. The summed E-state index contributed by atoms with van der Waals surface area (Å²) in [5.41, 5.74) is 2.10. The Bertz CT molecular complexity index is 1500. The second kappa shape index (κ2) is 8.80. The lowest BCUT2D eigenvalue weighted by molar-refractivity contribution is 0.0778. The fourth-order valence-electron chi connectivity index (χ4n) is 4.44. The molecule has 1 atom stereocenters. The lowest BCUT2D eigenvalue weighted by Crippen LogP contribution is -2.34. The normalized spacial score (nSPS) is 15.8. The van der Waals surface area contributed by atoms with E-state index in [-0.39, 0.29) is 17.3 Å².